The van der Waals surface area contributed by atoms with Gasteiger partial charge < -0.3 is 25.6 Å². The van der Waals surface area contributed by atoms with Crippen LogP contribution in [0, 0.1) is 5.82 Å². The highest BCUT2D eigenvalue weighted by atomic mass is 19.1. The Balaban J connectivity index is 1.24. The Morgan fingerprint density at radius 2 is 1.86 bits per heavy atom. The van der Waals surface area contributed by atoms with Crippen LogP contribution in [0.15, 0.2) is 42.7 Å². The summed E-state index contributed by atoms with van der Waals surface area (Å²) in [6, 6.07) is 7.52. The SMILES string of the molecule is O=C(Nc1c[nH]nc1C(=O)Nc1ccc(N2CCCC2)nc1)c1cc(F)cc(OC2CCNCC2)c1. The van der Waals surface area contributed by atoms with Crippen molar-refractivity contribution >= 4 is 29.0 Å². The molecule has 0 spiro atoms. The van der Waals surface area contributed by atoms with Gasteiger partial charge in [0.25, 0.3) is 11.8 Å². The zero-order chi connectivity index (χ0) is 24.9. The third-order valence-electron chi connectivity index (χ3n) is 6.26. The van der Waals surface area contributed by atoms with Crippen molar-refractivity contribution in [3.8, 4) is 5.75 Å². The maximum atomic E-state index is 14.2. The molecule has 2 aliphatic heterocycles. The van der Waals surface area contributed by atoms with E-state index >= 15 is 0 Å². The van der Waals surface area contributed by atoms with Gasteiger partial charge in [-0.25, -0.2) is 9.37 Å². The Morgan fingerprint density at radius 1 is 1.06 bits per heavy atom. The van der Waals surface area contributed by atoms with Crippen molar-refractivity contribution in [1.29, 1.82) is 0 Å². The number of ether oxygens (including phenoxy) is 1. The van der Waals surface area contributed by atoms with Crippen LogP contribution >= 0.6 is 0 Å². The van der Waals surface area contributed by atoms with Crippen LogP contribution < -0.4 is 25.6 Å². The number of rotatable bonds is 7. The molecule has 4 heterocycles. The van der Waals surface area contributed by atoms with Gasteiger partial charge in [0.2, 0.25) is 0 Å². The average Bonchev–Trinajstić information content (AvgIpc) is 3.57. The Labute approximate surface area is 207 Å². The number of piperidine rings is 1. The molecule has 2 aromatic heterocycles. The minimum Gasteiger partial charge on any atom is -0.490 e. The van der Waals surface area contributed by atoms with Crippen molar-refractivity contribution in [2.75, 3.05) is 41.7 Å². The minimum absolute atomic E-state index is 0.00504. The Hall–Kier alpha value is -3.99. The van der Waals surface area contributed by atoms with Crippen molar-refractivity contribution in [1.82, 2.24) is 20.5 Å². The second kappa shape index (κ2) is 10.7. The van der Waals surface area contributed by atoms with E-state index in [1.165, 1.54) is 18.3 Å². The number of benzene rings is 1. The number of H-pyrrole nitrogens is 1. The summed E-state index contributed by atoms with van der Waals surface area (Å²) in [6.45, 7) is 3.62. The summed E-state index contributed by atoms with van der Waals surface area (Å²) in [6.07, 6.45) is 6.86. The number of amides is 2. The maximum Gasteiger partial charge on any atom is 0.278 e. The zero-order valence-corrected chi connectivity index (χ0v) is 19.7. The molecule has 0 aliphatic carbocycles. The normalized spacial score (nSPS) is 16.1. The Bertz CT molecular complexity index is 1220. The second-order valence-corrected chi connectivity index (χ2v) is 8.90. The first kappa shape index (κ1) is 23.7. The lowest BCUT2D eigenvalue weighted by molar-refractivity contribution is 0.102. The Morgan fingerprint density at radius 3 is 2.61 bits per heavy atom. The van der Waals surface area contributed by atoms with E-state index in [1.54, 1.807) is 12.3 Å². The van der Waals surface area contributed by atoms with Crippen LogP contribution in [0.4, 0.5) is 21.6 Å². The van der Waals surface area contributed by atoms with E-state index in [0.29, 0.717) is 11.4 Å². The lowest BCUT2D eigenvalue weighted by atomic mass is 10.1. The number of carbonyl (C=O) groups is 2. The highest BCUT2D eigenvalue weighted by Gasteiger charge is 2.20. The number of nitrogens with one attached hydrogen (secondary N) is 4. The van der Waals surface area contributed by atoms with Gasteiger partial charge in [-0.2, -0.15) is 5.10 Å². The smallest absolute Gasteiger partial charge is 0.278 e. The van der Waals surface area contributed by atoms with E-state index in [-0.39, 0.29) is 23.0 Å². The van der Waals surface area contributed by atoms with E-state index in [0.717, 1.165) is 63.7 Å². The number of anilines is 3. The summed E-state index contributed by atoms with van der Waals surface area (Å²) < 4.78 is 20.1. The van der Waals surface area contributed by atoms with Gasteiger partial charge >= 0.3 is 0 Å². The number of carbonyl (C=O) groups excluding carboxylic acids is 2. The summed E-state index contributed by atoms with van der Waals surface area (Å²) in [5.41, 5.74) is 0.750. The monoisotopic (exact) mass is 493 g/mol. The van der Waals surface area contributed by atoms with Crippen molar-refractivity contribution < 1.29 is 18.7 Å². The molecule has 1 aromatic carbocycles. The molecular weight excluding hydrogens is 465 g/mol. The molecule has 188 valence electrons. The largest absolute Gasteiger partial charge is 0.490 e. The Kier molecular flexibility index (Phi) is 7.08. The molecule has 0 saturated carbocycles. The van der Waals surface area contributed by atoms with Crippen LogP contribution in [0.2, 0.25) is 0 Å². The van der Waals surface area contributed by atoms with Crippen molar-refractivity contribution in [2.45, 2.75) is 31.8 Å². The van der Waals surface area contributed by atoms with Crippen LogP contribution in [-0.2, 0) is 0 Å². The van der Waals surface area contributed by atoms with Crippen LogP contribution in [-0.4, -0.2) is 59.3 Å². The van der Waals surface area contributed by atoms with Crippen LogP contribution in [0.3, 0.4) is 0 Å². The van der Waals surface area contributed by atoms with E-state index < -0.39 is 17.6 Å². The molecule has 3 aromatic rings. The summed E-state index contributed by atoms with van der Waals surface area (Å²) in [4.78, 5) is 32.3. The molecule has 4 N–H and O–H groups in total. The van der Waals surface area contributed by atoms with Crippen LogP contribution in [0.1, 0.15) is 46.5 Å². The molecule has 5 rings (SSSR count). The summed E-state index contributed by atoms with van der Waals surface area (Å²) in [5, 5.41) is 15.2. The van der Waals surface area contributed by atoms with Gasteiger partial charge in [0, 0.05) is 30.9 Å². The molecule has 36 heavy (non-hydrogen) atoms. The molecule has 0 atom stereocenters. The van der Waals surface area contributed by atoms with E-state index in [4.69, 9.17) is 4.74 Å². The maximum absolute atomic E-state index is 14.2. The fourth-order valence-electron chi connectivity index (χ4n) is 4.40. The minimum atomic E-state index is -0.586. The fraction of sp³-hybridized carbons (Fsp3) is 0.360. The summed E-state index contributed by atoms with van der Waals surface area (Å²) >= 11 is 0. The molecule has 0 radical (unpaired) electrons. The number of hydrogen-bond acceptors (Lipinski definition) is 7. The molecular formula is C25H28FN7O3. The molecule has 2 fully saturated rings. The van der Waals surface area contributed by atoms with Gasteiger partial charge in [-0.1, -0.05) is 0 Å². The van der Waals surface area contributed by atoms with Crippen LogP contribution in [0.25, 0.3) is 0 Å². The lowest BCUT2D eigenvalue weighted by Crippen LogP contribution is -2.34. The van der Waals surface area contributed by atoms with Gasteiger partial charge in [0.05, 0.1) is 17.6 Å². The molecule has 11 heteroatoms. The third-order valence-corrected chi connectivity index (χ3v) is 6.26. The molecule has 2 amide bonds. The average molecular weight is 494 g/mol. The summed E-state index contributed by atoms with van der Waals surface area (Å²) in [7, 11) is 0. The molecule has 2 saturated heterocycles. The van der Waals surface area contributed by atoms with Crippen molar-refractivity contribution in [2.24, 2.45) is 0 Å². The number of pyridine rings is 1. The number of hydrogen-bond donors (Lipinski definition) is 4. The predicted octanol–water partition coefficient (Wildman–Crippen LogP) is 3.18. The lowest BCUT2D eigenvalue weighted by Gasteiger charge is -2.24. The first-order chi connectivity index (χ1) is 17.5. The standard InChI is InChI=1S/C25H28FN7O3/c26-17-11-16(12-20(13-17)36-19-5-7-27-8-6-19)24(34)31-21-15-29-32-23(21)25(35)30-18-3-4-22(28-14-18)33-9-1-2-10-33/h3-4,11-15,19,27H,1-2,5-10H2,(H,29,32)(H,30,35)(H,31,34). The number of aromatic nitrogens is 3. The zero-order valence-electron chi connectivity index (χ0n) is 19.7. The van der Waals surface area contributed by atoms with Crippen molar-refractivity contribution in [3.63, 3.8) is 0 Å². The fourth-order valence-corrected chi connectivity index (χ4v) is 4.40. The molecule has 0 unspecified atom stereocenters. The van der Waals surface area contributed by atoms with E-state index in [9.17, 15) is 14.0 Å². The van der Waals surface area contributed by atoms with Gasteiger partial charge in [0.15, 0.2) is 5.69 Å². The topological polar surface area (TPSA) is 124 Å². The first-order valence-electron chi connectivity index (χ1n) is 12.1. The highest BCUT2D eigenvalue weighted by molar-refractivity contribution is 6.11. The van der Waals surface area contributed by atoms with Crippen molar-refractivity contribution in [3.05, 3.63) is 59.8 Å². The van der Waals surface area contributed by atoms with Gasteiger partial charge in [-0.05, 0) is 63.0 Å². The molecule has 2 aliphatic rings. The van der Waals surface area contributed by atoms with Gasteiger partial charge in [-0.15, -0.1) is 0 Å². The number of nitrogens with zero attached hydrogens (tertiary/aromatic N) is 3. The predicted molar refractivity (Wildman–Crippen MR) is 133 cm³/mol. The van der Waals surface area contributed by atoms with E-state index in [1.807, 2.05) is 6.07 Å². The summed E-state index contributed by atoms with van der Waals surface area (Å²) in [5.74, 6) is -0.520. The highest BCUT2D eigenvalue weighted by Crippen LogP contribution is 2.23. The van der Waals surface area contributed by atoms with Crippen LogP contribution in [0.5, 0.6) is 5.75 Å². The number of halogens is 1. The molecule has 0 bridgehead atoms. The molecule has 10 nitrogen and oxygen atoms in total. The second-order valence-electron chi connectivity index (χ2n) is 8.90. The quantitative estimate of drug-likeness (QED) is 0.399. The number of aromatic amines is 1. The van der Waals surface area contributed by atoms with E-state index in [2.05, 4.69) is 36.0 Å². The van der Waals surface area contributed by atoms with Gasteiger partial charge in [-0.3, -0.25) is 14.7 Å². The first-order valence-corrected chi connectivity index (χ1v) is 12.1. The van der Waals surface area contributed by atoms with Gasteiger partial charge in [0.1, 0.15) is 23.5 Å². The third kappa shape index (κ3) is 5.62.